The summed E-state index contributed by atoms with van der Waals surface area (Å²) < 4.78 is 5.29. The van der Waals surface area contributed by atoms with Crippen molar-refractivity contribution in [3.05, 3.63) is 24.2 Å². The van der Waals surface area contributed by atoms with Gasteiger partial charge in [-0.15, -0.1) is 0 Å². The van der Waals surface area contributed by atoms with Crippen LogP contribution < -0.4 is 10.6 Å². The smallest absolute Gasteiger partial charge is 0.221 e. The van der Waals surface area contributed by atoms with E-state index in [1.807, 2.05) is 12.1 Å². The van der Waals surface area contributed by atoms with Crippen LogP contribution in [0.5, 0.6) is 0 Å². The van der Waals surface area contributed by atoms with E-state index in [1.165, 1.54) is 0 Å². The largest absolute Gasteiger partial charge is 0.469 e. The third-order valence-corrected chi connectivity index (χ3v) is 2.96. The molecule has 1 heterocycles. The predicted molar refractivity (Wildman–Crippen MR) is 77.0 cm³/mol. The molecule has 0 aliphatic heterocycles. The Morgan fingerprint density at radius 1 is 1.37 bits per heavy atom. The fourth-order valence-electron chi connectivity index (χ4n) is 1.75. The number of amides is 1. The van der Waals surface area contributed by atoms with Gasteiger partial charge in [0.05, 0.1) is 6.26 Å². The molecule has 0 radical (unpaired) electrons. The van der Waals surface area contributed by atoms with Gasteiger partial charge in [0.1, 0.15) is 5.76 Å². The van der Waals surface area contributed by atoms with E-state index < -0.39 is 0 Å². The minimum atomic E-state index is 0.124. The average molecular weight is 266 g/mol. The number of nitrogens with one attached hydrogen (secondary N) is 2. The molecular formula is C15H26N2O2. The fourth-order valence-corrected chi connectivity index (χ4v) is 1.75. The number of furan rings is 1. The predicted octanol–water partition coefficient (Wildman–Crippen LogP) is 2.35. The summed E-state index contributed by atoms with van der Waals surface area (Å²) in [5.74, 6) is 1.65. The van der Waals surface area contributed by atoms with Gasteiger partial charge in [-0.3, -0.25) is 4.79 Å². The molecule has 0 aliphatic carbocycles. The van der Waals surface area contributed by atoms with Crippen LogP contribution >= 0.6 is 0 Å². The zero-order chi connectivity index (χ0) is 14.1. The maximum absolute atomic E-state index is 11.5. The zero-order valence-corrected chi connectivity index (χ0v) is 12.2. The van der Waals surface area contributed by atoms with Gasteiger partial charge in [-0.25, -0.2) is 0 Å². The number of carbonyl (C=O) groups excluding carboxylic acids is 1. The highest BCUT2D eigenvalue weighted by atomic mass is 16.3. The Morgan fingerprint density at radius 3 is 2.79 bits per heavy atom. The van der Waals surface area contributed by atoms with Crippen LogP contribution in [0.1, 0.15) is 39.4 Å². The molecule has 0 fully saturated rings. The van der Waals surface area contributed by atoms with Gasteiger partial charge in [0.2, 0.25) is 5.91 Å². The molecule has 1 unspecified atom stereocenters. The van der Waals surface area contributed by atoms with E-state index in [-0.39, 0.29) is 5.91 Å². The molecule has 0 saturated heterocycles. The van der Waals surface area contributed by atoms with Crippen LogP contribution in [0.3, 0.4) is 0 Å². The molecule has 4 heteroatoms. The number of hydrogen-bond acceptors (Lipinski definition) is 3. The first-order valence-electron chi connectivity index (χ1n) is 7.10. The third kappa shape index (κ3) is 7.67. The molecule has 1 aromatic rings. The molecule has 1 aromatic heterocycles. The van der Waals surface area contributed by atoms with Crippen molar-refractivity contribution in [1.82, 2.24) is 10.6 Å². The molecule has 0 spiro atoms. The first-order chi connectivity index (χ1) is 9.08. The highest BCUT2D eigenvalue weighted by Gasteiger charge is 2.06. The third-order valence-electron chi connectivity index (χ3n) is 2.96. The van der Waals surface area contributed by atoms with Crippen molar-refractivity contribution in [3.8, 4) is 0 Å². The van der Waals surface area contributed by atoms with Crippen molar-refractivity contribution < 1.29 is 9.21 Å². The van der Waals surface area contributed by atoms with Gasteiger partial charge in [0.25, 0.3) is 0 Å². The first-order valence-corrected chi connectivity index (χ1v) is 7.10. The number of rotatable bonds is 9. The lowest BCUT2D eigenvalue weighted by molar-refractivity contribution is -0.121. The minimum Gasteiger partial charge on any atom is -0.469 e. The van der Waals surface area contributed by atoms with E-state index in [9.17, 15) is 4.79 Å². The molecule has 0 bridgehead atoms. The second-order valence-corrected chi connectivity index (χ2v) is 5.42. The second-order valence-electron chi connectivity index (χ2n) is 5.42. The molecule has 4 nitrogen and oxygen atoms in total. The van der Waals surface area contributed by atoms with E-state index in [2.05, 4.69) is 31.4 Å². The van der Waals surface area contributed by atoms with Crippen LogP contribution in [0.25, 0.3) is 0 Å². The van der Waals surface area contributed by atoms with Gasteiger partial charge < -0.3 is 15.1 Å². The summed E-state index contributed by atoms with van der Waals surface area (Å²) in [4.78, 5) is 11.5. The maximum Gasteiger partial charge on any atom is 0.221 e. The molecular weight excluding hydrogens is 240 g/mol. The highest BCUT2D eigenvalue weighted by molar-refractivity contribution is 5.76. The molecule has 0 saturated carbocycles. The molecule has 2 N–H and O–H groups in total. The summed E-state index contributed by atoms with van der Waals surface area (Å²) in [6, 6.07) is 4.29. The second kappa shape index (κ2) is 8.75. The summed E-state index contributed by atoms with van der Waals surface area (Å²) in [6.07, 6.45) is 4.19. The topological polar surface area (TPSA) is 54.3 Å². The SMILES string of the molecule is CC(C)CNC(=O)CCNC(C)CCc1ccco1. The van der Waals surface area contributed by atoms with E-state index in [1.54, 1.807) is 6.26 Å². The van der Waals surface area contributed by atoms with Crippen molar-refractivity contribution in [2.75, 3.05) is 13.1 Å². The molecule has 1 amide bonds. The van der Waals surface area contributed by atoms with Crippen LogP contribution in [0, 0.1) is 5.92 Å². The normalized spacial score (nSPS) is 12.6. The maximum atomic E-state index is 11.5. The van der Waals surface area contributed by atoms with Gasteiger partial charge in [-0.05, 0) is 31.4 Å². The molecule has 1 rings (SSSR count). The van der Waals surface area contributed by atoms with Gasteiger partial charge in [-0.2, -0.15) is 0 Å². The van der Waals surface area contributed by atoms with Crippen LogP contribution in [0.15, 0.2) is 22.8 Å². The molecule has 19 heavy (non-hydrogen) atoms. The average Bonchev–Trinajstić information content (AvgIpc) is 2.87. The zero-order valence-electron chi connectivity index (χ0n) is 12.2. The summed E-state index contributed by atoms with van der Waals surface area (Å²) in [6.45, 7) is 7.80. The van der Waals surface area contributed by atoms with Gasteiger partial charge >= 0.3 is 0 Å². The van der Waals surface area contributed by atoms with Gasteiger partial charge in [-0.1, -0.05) is 13.8 Å². The van der Waals surface area contributed by atoms with E-state index in [4.69, 9.17) is 4.42 Å². The van der Waals surface area contributed by atoms with Gasteiger partial charge in [0, 0.05) is 32.0 Å². The Bertz CT molecular complexity index is 347. The van der Waals surface area contributed by atoms with Crippen molar-refractivity contribution in [2.45, 2.75) is 46.1 Å². The van der Waals surface area contributed by atoms with Crippen molar-refractivity contribution in [2.24, 2.45) is 5.92 Å². The Hall–Kier alpha value is -1.29. The van der Waals surface area contributed by atoms with Crippen molar-refractivity contribution in [1.29, 1.82) is 0 Å². The first kappa shape index (κ1) is 15.8. The standard InChI is InChI=1S/C15H26N2O2/c1-12(2)11-17-15(18)8-9-16-13(3)6-7-14-5-4-10-19-14/h4-5,10,12-13,16H,6-9,11H2,1-3H3,(H,17,18). The van der Waals surface area contributed by atoms with Crippen LogP contribution in [0.4, 0.5) is 0 Å². The van der Waals surface area contributed by atoms with E-state index in [0.29, 0.717) is 18.4 Å². The lowest BCUT2D eigenvalue weighted by Crippen LogP contribution is -2.33. The summed E-state index contributed by atoms with van der Waals surface area (Å²) >= 11 is 0. The summed E-state index contributed by atoms with van der Waals surface area (Å²) in [7, 11) is 0. The lowest BCUT2D eigenvalue weighted by Gasteiger charge is -2.13. The lowest BCUT2D eigenvalue weighted by atomic mass is 10.1. The minimum absolute atomic E-state index is 0.124. The van der Waals surface area contributed by atoms with E-state index in [0.717, 1.165) is 31.7 Å². The number of hydrogen-bond donors (Lipinski definition) is 2. The molecule has 108 valence electrons. The van der Waals surface area contributed by atoms with Crippen LogP contribution in [0.2, 0.25) is 0 Å². The Morgan fingerprint density at radius 2 is 2.16 bits per heavy atom. The van der Waals surface area contributed by atoms with E-state index >= 15 is 0 Å². The highest BCUT2D eigenvalue weighted by Crippen LogP contribution is 2.05. The Labute approximate surface area is 116 Å². The van der Waals surface area contributed by atoms with Crippen molar-refractivity contribution in [3.63, 3.8) is 0 Å². The van der Waals surface area contributed by atoms with Crippen LogP contribution in [-0.2, 0) is 11.2 Å². The Balaban J connectivity index is 2.03. The van der Waals surface area contributed by atoms with Crippen molar-refractivity contribution >= 4 is 5.91 Å². The molecule has 1 atom stereocenters. The summed E-state index contributed by atoms with van der Waals surface area (Å²) in [5, 5.41) is 6.28. The number of carbonyl (C=O) groups is 1. The fraction of sp³-hybridized carbons (Fsp3) is 0.667. The Kier molecular flexibility index (Phi) is 7.26. The quantitative estimate of drug-likeness (QED) is 0.721. The van der Waals surface area contributed by atoms with Crippen LogP contribution in [-0.4, -0.2) is 25.0 Å². The monoisotopic (exact) mass is 266 g/mol. The summed E-state index contributed by atoms with van der Waals surface area (Å²) in [5.41, 5.74) is 0. The van der Waals surface area contributed by atoms with Gasteiger partial charge in [0.15, 0.2) is 0 Å². The number of aryl methyl sites for hydroxylation is 1. The molecule has 0 aromatic carbocycles. The molecule has 0 aliphatic rings.